The Balaban J connectivity index is 1.93. The lowest BCUT2D eigenvalue weighted by Crippen LogP contribution is -2.70. The van der Waals surface area contributed by atoms with E-state index in [1.807, 2.05) is 23.1 Å². The van der Waals surface area contributed by atoms with Crippen molar-refractivity contribution in [2.24, 2.45) is 5.92 Å². The molecule has 0 spiro atoms. The molecule has 1 aliphatic heterocycles. The Bertz CT molecular complexity index is 598. The van der Waals surface area contributed by atoms with Crippen molar-refractivity contribution in [3.63, 3.8) is 0 Å². The molecule has 1 heterocycles. The van der Waals surface area contributed by atoms with Gasteiger partial charge in [-0.1, -0.05) is 52.8 Å². The van der Waals surface area contributed by atoms with Crippen LogP contribution in [0.4, 0.5) is 0 Å². The smallest absolute Gasteiger partial charge is 0.258 e. The highest BCUT2D eigenvalue weighted by molar-refractivity contribution is 8.01. The zero-order chi connectivity index (χ0) is 18.6. The first kappa shape index (κ1) is 19.6. The minimum atomic E-state index is -0.477. The van der Waals surface area contributed by atoms with Gasteiger partial charge in [0.1, 0.15) is 17.2 Å². The first-order valence-corrected chi connectivity index (χ1v) is 9.51. The number of rotatable bonds is 7. The molecule has 2 amide bonds. The second-order valence-electron chi connectivity index (χ2n) is 7.65. The third-order valence-electron chi connectivity index (χ3n) is 3.61. The summed E-state index contributed by atoms with van der Waals surface area (Å²) in [5.41, 5.74) is 0. The molecule has 1 N–H and O–H groups in total. The molecule has 5 nitrogen and oxygen atoms in total. The average Bonchev–Trinajstić information content (AvgIpc) is 2.54. The normalized spacial score (nSPS) is 20.4. The van der Waals surface area contributed by atoms with Gasteiger partial charge in [-0.15, -0.1) is 11.8 Å². The van der Waals surface area contributed by atoms with Crippen molar-refractivity contribution in [3.05, 3.63) is 30.3 Å². The van der Waals surface area contributed by atoms with E-state index in [0.29, 0.717) is 18.2 Å². The van der Waals surface area contributed by atoms with E-state index in [9.17, 15) is 9.59 Å². The number of thioether (sulfide) groups is 1. The highest BCUT2D eigenvalue weighted by atomic mass is 32.2. The molecule has 0 saturated carbocycles. The van der Waals surface area contributed by atoms with Crippen LogP contribution < -0.4 is 10.1 Å². The minimum Gasteiger partial charge on any atom is -0.484 e. The Morgan fingerprint density at radius 2 is 1.92 bits per heavy atom. The zero-order valence-electron chi connectivity index (χ0n) is 15.6. The van der Waals surface area contributed by atoms with Gasteiger partial charge in [0.2, 0.25) is 5.91 Å². The highest BCUT2D eigenvalue weighted by Gasteiger charge is 2.49. The molecule has 2 atom stereocenters. The topological polar surface area (TPSA) is 58.6 Å². The van der Waals surface area contributed by atoms with Crippen LogP contribution in [0.2, 0.25) is 0 Å². The average molecular weight is 365 g/mol. The molecule has 1 saturated heterocycles. The molecule has 1 aliphatic rings. The number of benzene rings is 1. The van der Waals surface area contributed by atoms with E-state index in [1.165, 1.54) is 0 Å². The van der Waals surface area contributed by atoms with Crippen molar-refractivity contribution in [3.8, 4) is 5.75 Å². The minimum absolute atomic E-state index is 0.00408. The standard InChI is InChI=1S/C19H28N2O3S/c1-13(2)11-21-17(23)16(18(21)25-19(3,4)5)20-15(22)12-24-14-9-7-6-8-10-14/h6-10,13,16,18H,11-12H2,1-5H3,(H,20,22). The quantitative estimate of drug-likeness (QED) is 0.756. The highest BCUT2D eigenvalue weighted by Crippen LogP contribution is 2.38. The Kier molecular flexibility index (Phi) is 6.38. The van der Waals surface area contributed by atoms with Crippen molar-refractivity contribution in [2.45, 2.75) is 50.8 Å². The molecule has 0 aromatic heterocycles. The first-order chi connectivity index (χ1) is 11.7. The monoisotopic (exact) mass is 364 g/mol. The molecule has 0 aliphatic carbocycles. The van der Waals surface area contributed by atoms with Gasteiger partial charge < -0.3 is 15.0 Å². The number of hydrogen-bond donors (Lipinski definition) is 1. The molecule has 138 valence electrons. The lowest BCUT2D eigenvalue weighted by molar-refractivity contribution is -0.149. The van der Waals surface area contributed by atoms with Gasteiger partial charge in [-0.2, -0.15) is 0 Å². The number of hydrogen-bond acceptors (Lipinski definition) is 4. The van der Waals surface area contributed by atoms with Crippen LogP contribution in [0, 0.1) is 5.92 Å². The van der Waals surface area contributed by atoms with Gasteiger partial charge in [-0.3, -0.25) is 9.59 Å². The van der Waals surface area contributed by atoms with E-state index in [-0.39, 0.29) is 28.5 Å². The van der Waals surface area contributed by atoms with Crippen LogP contribution in [0.1, 0.15) is 34.6 Å². The number of ether oxygens (including phenoxy) is 1. The van der Waals surface area contributed by atoms with E-state index < -0.39 is 6.04 Å². The first-order valence-electron chi connectivity index (χ1n) is 8.63. The van der Waals surface area contributed by atoms with Gasteiger partial charge >= 0.3 is 0 Å². The SMILES string of the molecule is CC(C)CN1C(=O)C(NC(=O)COc2ccccc2)C1SC(C)(C)C. The van der Waals surface area contributed by atoms with E-state index in [4.69, 9.17) is 4.74 Å². The number of likely N-dealkylation sites (tertiary alicyclic amines) is 1. The van der Waals surface area contributed by atoms with Crippen molar-refractivity contribution < 1.29 is 14.3 Å². The van der Waals surface area contributed by atoms with Crippen LogP contribution in [0.15, 0.2) is 30.3 Å². The lowest BCUT2D eigenvalue weighted by Gasteiger charge is -2.49. The predicted molar refractivity (Wildman–Crippen MR) is 102 cm³/mol. The maximum absolute atomic E-state index is 12.5. The zero-order valence-corrected chi connectivity index (χ0v) is 16.4. The lowest BCUT2D eigenvalue weighted by atomic mass is 10.0. The Hall–Kier alpha value is -1.69. The molecule has 25 heavy (non-hydrogen) atoms. The molecule has 2 unspecified atom stereocenters. The van der Waals surface area contributed by atoms with Gasteiger partial charge in [0.15, 0.2) is 6.61 Å². The molecule has 1 aromatic rings. The van der Waals surface area contributed by atoms with Crippen LogP contribution in [0.3, 0.4) is 0 Å². The Labute approximate surface area is 154 Å². The van der Waals surface area contributed by atoms with Crippen LogP contribution in [0.25, 0.3) is 0 Å². The summed E-state index contributed by atoms with van der Waals surface area (Å²) in [7, 11) is 0. The number of amides is 2. The third kappa shape index (κ3) is 5.66. The molecule has 0 radical (unpaired) electrons. The van der Waals surface area contributed by atoms with Crippen molar-refractivity contribution >= 4 is 23.6 Å². The fraction of sp³-hybridized carbons (Fsp3) is 0.579. The summed E-state index contributed by atoms with van der Waals surface area (Å²) in [4.78, 5) is 26.5. The maximum Gasteiger partial charge on any atom is 0.258 e. The fourth-order valence-corrected chi connectivity index (χ4v) is 3.98. The van der Waals surface area contributed by atoms with Gasteiger partial charge in [-0.25, -0.2) is 0 Å². The number of nitrogens with zero attached hydrogens (tertiary/aromatic N) is 1. The summed E-state index contributed by atoms with van der Waals surface area (Å²) < 4.78 is 5.46. The number of nitrogens with one attached hydrogen (secondary N) is 1. The van der Waals surface area contributed by atoms with E-state index in [1.54, 1.807) is 23.9 Å². The Morgan fingerprint density at radius 1 is 1.28 bits per heavy atom. The second kappa shape index (κ2) is 8.13. The third-order valence-corrected chi connectivity index (χ3v) is 5.08. The van der Waals surface area contributed by atoms with Gasteiger partial charge in [0.05, 0.1) is 0 Å². The van der Waals surface area contributed by atoms with Crippen molar-refractivity contribution in [1.82, 2.24) is 10.2 Å². The van der Waals surface area contributed by atoms with Crippen LogP contribution >= 0.6 is 11.8 Å². The van der Waals surface area contributed by atoms with Gasteiger partial charge in [0, 0.05) is 11.3 Å². The largest absolute Gasteiger partial charge is 0.484 e. The molecule has 1 aromatic carbocycles. The van der Waals surface area contributed by atoms with E-state index in [2.05, 4.69) is 39.9 Å². The fourth-order valence-electron chi connectivity index (χ4n) is 2.62. The molecule has 6 heteroatoms. The molecular weight excluding hydrogens is 336 g/mol. The summed E-state index contributed by atoms with van der Waals surface area (Å²) in [6.07, 6.45) is 0. The second-order valence-corrected chi connectivity index (χ2v) is 9.60. The van der Waals surface area contributed by atoms with Crippen molar-refractivity contribution in [1.29, 1.82) is 0 Å². The van der Waals surface area contributed by atoms with Crippen LogP contribution in [0.5, 0.6) is 5.75 Å². The summed E-state index contributed by atoms with van der Waals surface area (Å²) in [5, 5.41) is 2.80. The molecule has 2 rings (SSSR count). The number of para-hydroxylation sites is 1. The van der Waals surface area contributed by atoms with E-state index in [0.717, 1.165) is 0 Å². The molecular formula is C19H28N2O3S. The van der Waals surface area contributed by atoms with Gasteiger partial charge in [0.25, 0.3) is 5.91 Å². The summed E-state index contributed by atoms with van der Waals surface area (Å²) >= 11 is 1.71. The Morgan fingerprint density at radius 3 is 2.48 bits per heavy atom. The summed E-state index contributed by atoms with van der Waals surface area (Å²) in [5.74, 6) is 0.749. The molecule has 1 fully saturated rings. The van der Waals surface area contributed by atoms with Crippen LogP contribution in [-0.2, 0) is 9.59 Å². The number of β-lactam (4-membered cyclic amide) rings is 1. The van der Waals surface area contributed by atoms with Gasteiger partial charge in [-0.05, 0) is 18.1 Å². The predicted octanol–water partition coefficient (Wildman–Crippen LogP) is 2.91. The maximum atomic E-state index is 12.5. The number of carbonyl (C=O) groups excluding carboxylic acids is 2. The van der Waals surface area contributed by atoms with E-state index >= 15 is 0 Å². The van der Waals surface area contributed by atoms with Crippen molar-refractivity contribution in [2.75, 3.05) is 13.2 Å². The summed E-state index contributed by atoms with van der Waals surface area (Å²) in [6.45, 7) is 11.1. The summed E-state index contributed by atoms with van der Waals surface area (Å²) in [6, 6.07) is 8.70. The molecule has 0 bridgehead atoms. The van der Waals surface area contributed by atoms with Crippen LogP contribution in [-0.4, -0.2) is 46.0 Å². The number of carbonyl (C=O) groups is 2.